The molecule has 0 saturated carbocycles. The van der Waals surface area contributed by atoms with Gasteiger partial charge in [0, 0.05) is 30.7 Å². The zero-order valence-corrected chi connectivity index (χ0v) is 11.4. The summed E-state index contributed by atoms with van der Waals surface area (Å²) in [6.07, 6.45) is 0. The van der Waals surface area contributed by atoms with E-state index in [0.717, 1.165) is 26.2 Å². The molecule has 2 heterocycles. The van der Waals surface area contributed by atoms with Crippen LogP contribution in [-0.4, -0.2) is 37.0 Å². The Bertz CT molecular complexity index is 482. The molecule has 1 N–H and O–H groups in total. The van der Waals surface area contributed by atoms with Crippen LogP contribution in [0.4, 0.5) is 4.39 Å². The Morgan fingerprint density at radius 2 is 2.00 bits per heavy atom. The molecule has 2 aliphatic heterocycles. The molecule has 0 spiro atoms. The van der Waals surface area contributed by atoms with Gasteiger partial charge in [-0.3, -0.25) is 4.79 Å². The molecule has 3 nitrogen and oxygen atoms in total. The highest BCUT2D eigenvalue weighted by molar-refractivity contribution is 9.10. The maximum Gasteiger partial charge on any atom is 0.256 e. The standard InChI is InChI=1S/C13H14BrFN2O/c14-10-1-2-11(12(15)3-10)13(18)17-6-8-4-16-5-9(8)7-17/h1-3,8-9,16H,4-7H2/t8-,9+. The van der Waals surface area contributed by atoms with Gasteiger partial charge in [-0.1, -0.05) is 15.9 Å². The van der Waals surface area contributed by atoms with Crippen LogP contribution in [0.25, 0.3) is 0 Å². The third-order valence-electron chi connectivity index (χ3n) is 3.84. The molecular weight excluding hydrogens is 299 g/mol. The fourth-order valence-electron chi connectivity index (χ4n) is 2.85. The third-order valence-corrected chi connectivity index (χ3v) is 4.33. The summed E-state index contributed by atoms with van der Waals surface area (Å²) in [4.78, 5) is 14.0. The highest BCUT2D eigenvalue weighted by atomic mass is 79.9. The van der Waals surface area contributed by atoms with Crippen molar-refractivity contribution in [2.24, 2.45) is 11.8 Å². The number of hydrogen-bond donors (Lipinski definition) is 1. The van der Waals surface area contributed by atoms with Crippen LogP contribution in [0.15, 0.2) is 22.7 Å². The average molecular weight is 313 g/mol. The van der Waals surface area contributed by atoms with Crippen molar-refractivity contribution in [1.29, 1.82) is 0 Å². The van der Waals surface area contributed by atoms with Crippen LogP contribution in [0.3, 0.4) is 0 Å². The topological polar surface area (TPSA) is 32.3 Å². The molecule has 96 valence electrons. The number of nitrogens with zero attached hydrogens (tertiary/aromatic N) is 1. The maximum absolute atomic E-state index is 13.8. The van der Waals surface area contributed by atoms with Crippen molar-refractivity contribution in [1.82, 2.24) is 10.2 Å². The first-order valence-corrected chi connectivity index (χ1v) is 6.89. The summed E-state index contributed by atoms with van der Waals surface area (Å²) in [7, 11) is 0. The number of nitrogens with one attached hydrogen (secondary N) is 1. The van der Waals surface area contributed by atoms with Crippen LogP contribution >= 0.6 is 15.9 Å². The Balaban J connectivity index is 1.79. The molecule has 1 amide bonds. The molecule has 1 aromatic rings. The SMILES string of the molecule is O=C(c1ccc(Br)cc1F)N1C[C@H]2CNC[C@H]2C1. The van der Waals surface area contributed by atoms with E-state index >= 15 is 0 Å². The minimum absolute atomic E-state index is 0.172. The minimum atomic E-state index is -0.454. The van der Waals surface area contributed by atoms with Gasteiger partial charge in [-0.05, 0) is 30.0 Å². The lowest BCUT2D eigenvalue weighted by Gasteiger charge is -2.17. The van der Waals surface area contributed by atoms with E-state index in [0.29, 0.717) is 16.3 Å². The number of rotatable bonds is 1. The summed E-state index contributed by atoms with van der Waals surface area (Å²) in [6.45, 7) is 3.42. The van der Waals surface area contributed by atoms with Crippen LogP contribution < -0.4 is 5.32 Å². The van der Waals surface area contributed by atoms with Crippen LogP contribution in [0, 0.1) is 17.7 Å². The monoisotopic (exact) mass is 312 g/mol. The fraction of sp³-hybridized carbons (Fsp3) is 0.462. The predicted molar refractivity (Wildman–Crippen MR) is 69.9 cm³/mol. The summed E-state index contributed by atoms with van der Waals surface area (Å²) < 4.78 is 14.4. The highest BCUT2D eigenvalue weighted by Gasteiger charge is 2.38. The van der Waals surface area contributed by atoms with Crippen LogP contribution in [0.5, 0.6) is 0 Å². The van der Waals surface area contributed by atoms with Crippen molar-refractivity contribution in [3.63, 3.8) is 0 Å². The zero-order chi connectivity index (χ0) is 12.7. The number of amides is 1. The Labute approximate surface area is 113 Å². The first-order chi connectivity index (χ1) is 8.65. The van der Waals surface area contributed by atoms with Crippen molar-refractivity contribution >= 4 is 21.8 Å². The summed E-state index contributed by atoms with van der Waals surface area (Å²) in [5, 5.41) is 3.32. The molecule has 1 aromatic carbocycles. The number of carbonyl (C=O) groups excluding carboxylic acids is 1. The smallest absolute Gasteiger partial charge is 0.256 e. The first kappa shape index (κ1) is 12.1. The third kappa shape index (κ3) is 2.06. The van der Waals surface area contributed by atoms with Gasteiger partial charge < -0.3 is 10.2 Å². The van der Waals surface area contributed by atoms with Gasteiger partial charge >= 0.3 is 0 Å². The molecule has 2 saturated heterocycles. The minimum Gasteiger partial charge on any atom is -0.338 e. The fourth-order valence-corrected chi connectivity index (χ4v) is 3.19. The van der Waals surface area contributed by atoms with E-state index in [-0.39, 0.29) is 11.5 Å². The van der Waals surface area contributed by atoms with E-state index in [1.54, 1.807) is 17.0 Å². The second kappa shape index (κ2) is 4.63. The molecule has 0 bridgehead atoms. The van der Waals surface area contributed by atoms with Crippen LogP contribution in [0.2, 0.25) is 0 Å². The van der Waals surface area contributed by atoms with Gasteiger partial charge in [-0.15, -0.1) is 0 Å². The first-order valence-electron chi connectivity index (χ1n) is 6.10. The van der Waals surface area contributed by atoms with Gasteiger partial charge in [0.05, 0.1) is 5.56 Å². The molecular formula is C13H14BrFN2O. The van der Waals surface area contributed by atoms with E-state index in [4.69, 9.17) is 0 Å². The van der Waals surface area contributed by atoms with Crippen molar-refractivity contribution in [2.75, 3.05) is 26.2 Å². The van der Waals surface area contributed by atoms with Crippen molar-refractivity contribution in [3.05, 3.63) is 34.1 Å². The number of fused-ring (bicyclic) bond motifs is 1. The number of carbonyl (C=O) groups is 1. The molecule has 0 aromatic heterocycles. The van der Waals surface area contributed by atoms with Crippen molar-refractivity contribution in [2.45, 2.75) is 0 Å². The Morgan fingerprint density at radius 1 is 1.33 bits per heavy atom. The van der Waals surface area contributed by atoms with Gasteiger partial charge in [-0.25, -0.2) is 4.39 Å². The maximum atomic E-state index is 13.8. The zero-order valence-electron chi connectivity index (χ0n) is 9.83. The molecule has 0 aliphatic carbocycles. The van der Waals surface area contributed by atoms with E-state index in [2.05, 4.69) is 21.2 Å². The lowest BCUT2D eigenvalue weighted by Crippen LogP contribution is -2.32. The molecule has 2 aliphatic rings. The Kier molecular flexibility index (Phi) is 3.11. The Morgan fingerprint density at radius 3 is 2.61 bits per heavy atom. The lowest BCUT2D eigenvalue weighted by molar-refractivity contribution is 0.0777. The largest absolute Gasteiger partial charge is 0.338 e. The number of likely N-dealkylation sites (tertiary alicyclic amines) is 1. The molecule has 0 unspecified atom stereocenters. The molecule has 2 fully saturated rings. The number of hydrogen-bond acceptors (Lipinski definition) is 2. The molecule has 2 atom stereocenters. The second-order valence-electron chi connectivity index (χ2n) is 5.01. The molecule has 18 heavy (non-hydrogen) atoms. The molecule has 5 heteroatoms. The van der Waals surface area contributed by atoms with Crippen molar-refractivity contribution < 1.29 is 9.18 Å². The number of benzene rings is 1. The second-order valence-corrected chi connectivity index (χ2v) is 5.93. The summed E-state index contributed by atoms with van der Waals surface area (Å²) in [5.74, 6) is 0.430. The van der Waals surface area contributed by atoms with Gasteiger partial charge in [0.15, 0.2) is 0 Å². The highest BCUT2D eigenvalue weighted by Crippen LogP contribution is 2.28. The summed E-state index contributed by atoms with van der Waals surface area (Å²) >= 11 is 3.20. The summed E-state index contributed by atoms with van der Waals surface area (Å²) in [6, 6.07) is 4.59. The molecule has 0 radical (unpaired) electrons. The normalized spacial score (nSPS) is 26.4. The van der Waals surface area contributed by atoms with Crippen LogP contribution in [-0.2, 0) is 0 Å². The quantitative estimate of drug-likeness (QED) is 0.859. The Hall–Kier alpha value is -0.940. The van der Waals surface area contributed by atoms with E-state index in [9.17, 15) is 9.18 Å². The number of halogens is 2. The van der Waals surface area contributed by atoms with Gasteiger partial charge in [-0.2, -0.15) is 0 Å². The predicted octanol–water partition coefficient (Wildman–Crippen LogP) is 1.88. The van der Waals surface area contributed by atoms with E-state index in [1.807, 2.05) is 0 Å². The van der Waals surface area contributed by atoms with E-state index in [1.165, 1.54) is 6.07 Å². The van der Waals surface area contributed by atoms with Gasteiger partial charge in [0.2, 0.25) is 0 Å². The lowest BCUT2D eigenvalue weighted by atomic mass is 10.0. The molecule has 3 rings (SSSR count). The summed E-state index contributed by atoms with van der Waals surface area (Å²) in [5.41, 5.74) is 0.172. The van der Waals surface area contributed by atoms with Crippen LogP contribution in [0.1, 0.15) is 10.4 Å². The van der Waals surface area contributed by atoms with E-state index < -0.39 is 5.82 Å². The van der Waals surface area contributed by atoms with Crippen molar-refractivity contribution in [3.8, 4) is 0 Å². The van der Waals surface area contributed by atoms with Gasteiger partial charge in [0.25, 0.3) is 5.91 Å². The van der Waals surface area contributed by atoms with Gasteiger partial charge in [0.1, 0.15) is 5.82 Å². The average Bonchev–Trinajstić information content (AvgIpc) is 2.87.